The van der Waals surface area contributed by atoms with E-state index in [1.165, 1.54) is 10.5 Å². The molecule has 31 heavy (non-hydrogen) atoms. The van der Waals surface area contributed by atoms with E-state index in [0.29, 0.717) is 12.3 Å². The summed E-state index contributed by atoms with van der Waals surface area (Å²) in [5.74, 6) is 2.21. The second-order valence-corrected chi connectivity index (χ2v) is 6.94. The molecule has 0 aliphatic heterocycles. The van der Waals surface area contributed by atoms with Crippen LogP contribution in [0.4, 0.5) is 0 Å². The summed E-state index contributed by atoms with van der Waals surface area (Å²) < 4.78 is 10.8. The number of nitrogens with zero attached hydrogens (tertiary/aromatic N) is 2. The van der Waals surface area contributed by atoms with Gasteiger partial charge in [-0.15, -0.1) is 24.0 Å². The van der Waals surface area contributed by atoms with Crippen molar-refractivity contribution in [3.8, 4) is 11.5 Å². The van der Waals surface area contributed by atoms with Crippen LogP contribution in [0.15, 0.2) is 53.5 Å². The summed E-state index contributed by atoms with van der Waals surface area (Å²) in [6, 6.07) is 15.7. The van der Waals surface area contributed by atoms with Crippen LogP contribution < -0.4 is 20.1 Å². The molecule has 170 valence electrons. The number of halogens is 1. The SMILES string of the molecule is CCNC(=NCc1cccc(OCC(=O)N(C)C)c1)NCCc1ccc(OC)cc1.I. The number of guanidine groups is 1. The molecule has 2 aromatic carbocycles. The predicted octanol–water partition coefficient (Wildman–Crippen LogP) is 3.08. The van der Waals surface area contributed by atoms with E-state index in [4.69, 9.17) is 9.47 Å². The Balaban J connectivity index is 0.00000480. The largest absolute Gasteiger partial charge is 0.497 e. The van der Waals surface area contributed by atoms with Crippen LogP contribution in [0.2, 0.25) is 0 Å². The van der Waals surface area contributed by atoms with Gasteiger partial charge in [0.15, 0.2) is 12.6 Å². The number of amides is 1. The van der Waals surface area contributed by atoms with E-state index in [1.807, 2.05) is 43.3 Å². The van der Waals surface area contributed by atoms with E-state index in [1.54, 1.807) is 21.2 Å². The van der Waals surface area contributed by atoms with E-state index in [0.717, 1.165) is 36.8 Å². The molecular weight excluding hydrogens is 507 g/mol. The van der Waals surface area contributed by atoms with Crippen LogP contribution >= 0.6 is 24.0 Å². The molecule has 0 saturated carbocycles. The highest BCUT2D eigenvalue weighted by atomic mass is 127. The Kier molecular flexibility index (Phi) is 12.4. The number of benzene rings is 2. The molecule has 2 N–H and O–H groups in total. The molecule has 0 atom stereocenters. The number of methoxy groups -OCH3 is 1. The number of rotatable bonds is 10. The van der Waals surface area contributed by atoms with Crippen LogP contribution in [0, 0.1) is 0 Å². The first-order valence-electron chi connectivity index (χ1n) is 10.1. The number of ether oxygens (including phenoxy) is 2. The van der Waals surface area contributed by atoms with Crippen molar-refractivity contribution in [2.24, 2.45) is 4.99 Å². The van der Waals surface area contributed by atoms with Gasteiger partial charge in [0.1, 0.15) is 11.5 Å². The van der Waals surface area contributed by atoms with Crippen molar-refractivity contribution < 1.29 is 14.3 Å². The van der Waals surface area contributed by atoms with Gasteiger partial charge in [-0.25, -0.2) is 4.99 Å². The highest BCUT2D eigenvalue weighted by Crippen LogP contribution is 2.14. The fraction of sp³-hybridized carbons (Fsp3) is 0.391. The topological polar surface area (TPSA) is 75.2 Å². The maximum absolute atomic E-state index is 11.7. The van der Waals surface area contributed by atoms with Crippen LogP contribution in [-0.4, -0.2) is 57.7 Å². The third-order valence-electron chi connectivity index (χ3n) is 4.39. The van der Waals surface area contributed by atoms with Crippen molar-refractivity contribution >= 4 is 35.8 Å². The van der Waals surface area contributed by atoms with Gasteiger partial charge in [0.05, 0.1) is 13.7 Å². The summed E-state index contributed by atoms with van der Waals surface area (Å²) in [5.41, 5.74) is 2.24. The van der Waals surface area contributed by atoms with Crippen LogP contribution in [0.3, 0.4) is 0 Å². The van der Waals surface area contributed by atoms with Crippen molar-refractivity contribution in [2.75, 3.05) is 40.9 Å². The van der Waals surface area contributed by atoms with Gasteiger partial charge in [-0.1, -0.05) is 24.3 Å². The molecule has 0 aromatic heterocycles. The molecule has 0 spiro atoms. The van der Waals surface area contributed by atoms with E-state index < -0.39 is 0 Å². The van der Waals surface area contributed by atoms with Gasteiger partial charge in [-0.3, -0.25) is 4.79 Å². The molecule has 0 aliphatic rings. The van der Waals surface area contributed by atoms with Crippen molar-refractivity contribution in [3.63, 3.8) is 0 Å². The summed E-state index contributed by atoms with van der Waals surface area (Å²) in [6.07, 6.45) is 0.887. The van der Waals surface area contributed by atoms with Gasteiger partial charge >= 0.3 is 0 Å². The summed E-state index contributed by atoms with van der Waals surface area (Å²) in [7, 11) is 5.09. The molecule has 0 radical (unpaired) electrons. The first kappa shape index (κ1) is 26.5. The quantitative estimate of drug-likeness (QED) is 0.275. The summed E-state index contributed by atoms with van der Waals surface area (Å²) in [5, 5.41) is 6.62. The lowest BCUT2D eigenvalue weighted by Crippen LogP contribution is -2.38. The Hall–Kier alpha value is -2.49. The van der Waals surface area contributed by atoms with Crippen molar-refractivity contribution in [3.05, 3.63) is 59.7 Å². The number of aliphatic imine (C=N–C) groups is 1. The van der Waals surface area contributed by atoms with Crippen LogP contribution in [0.1, 0.15) is 18.1 Å². The minimum Gasteiger partial charge on any atom is -0.497 e. The number of nitrogens with one attached hydrogen (secondary N) is 2. The zero-order chi connectivity index (χ0) is 21.8. The molecule has 0 unspecified atom stereocenters. The fourth-order valence-corrected chi connectivity index (χ4v) is 2.64. The van der Waals surface area contributed by atoms with Crippen molar-refractivity contribution in [1.29, 1.82) is 0 Å². The Bertz CT molecular complexity index is 826. The Morgan fingerprint density at radius 1 is 1.03 bits per heavy atom. The monoisotopic (exact) mass is 540 g/mol. The third kappa shape index (κ3) is 9.91. The van der Waals surface area contributed by atoms with Crippen molar-refractivity contribution in [2.45, 2.75) is 19.9 Å². The maximum atomic E-state index is 11.7. The minimum absolute atomic E-state index is 0. The Morgan fingerprint density at radius 3 is 2.42 bits per heavy atom. The molecule has 0 heterocycles. The van der Waals surface area contributed by atoms with Gasteiger partial charge in [0.2, 0.25) is 0 Å². The summed E-state index contributed by atoms with van der Waals surface area (Å²) in [6.45, 7) is 4.13. The van der Waals surface area contributed by atoms with Gasteiger partial charge in [0.25, 0.3) is 5.91 Å². The summed E-state index contributed by atoms with van der Waals surface area (Å²) in [4.78, 5) is 17.8. The maximum Gasteiger partial charge on any atom is 0.259 e. The molecule has 0 fully saturated rings. The van der Waals surface area contributed by atoms with E-state index in [9.17, 15) is 4.79 Å². The first-order valence-corrected chi connectivity index (χ1v) is 10.1. The summed E-state index contributed by atoms with van der Waals surface area (Å²) >= 11 is 0. The van der Waals surface area contributed by atoms with Crippen molar-refractivity contribution in [1.82, 2.24) is 15.5 Å². The second-order valence-electron chi connectivity index (χ2n) is 6.94. The fourth-order valence-electron chi connectivity index (χ4n) is 2.64. The van der Waals surface area contributed by atoms with Gasteiger partial charge in [0, 0.05) is 27.2 Å². The van der Waals surface area contributed by atoms with E-state index >= 15 is 0 Å². The standard InChI is InChI=1S/C23H32N4O3.HI/c1-5-24-23(25-14-13-18-9-11-20(29-4)12-10-18)26-16-19-7-6-8-21(15-19)30-17-22(28)27(2)3;/h6-12,15H,5,13-14,16-17H2,1-4H3,(H2,24,25,26);1H. The molecule has 0 saturated heterocycles. The zero-order valence-corrected chi connectivity index (χ0v) is 21.0. The number of likely N-dealkylation sites (N-methyl/N-ethyl adjacent to an activating group) is 1. The van der Waals surface area contributed by atoms with Gasteiger partial charge < -0.3 is 25.0 Å². The average Bonchev–Trinajstić information content (AvgIpc) is 2.76. The first-order chi connectivity index (χ1) is 14.5. The molecular formula is C23H33IN4O3. The minimum atomic E-state index is -0.0751. The third-order valence-corrected chi connectivity index (χ3v) is 4.39. The lowest BCUT2D eigenvalue weighted by atomic mass is 10.1. The Morgan fingerprint density at radius 2 is 1.77 bits per heavy atom. The average molecular weight is 540 g/mol. The van der Waals surface area contributed by atoms with Crippen LogP contribution in [-0.2, 0) is 17.8 Å². The predicted molar refractivity (Wildman–Crippen MR) is 136 cm³/mol. The van der Waals surface area contributed by atoms with Crippen LogP contribution in [0.5, 0.6) is 11.5 Å². The normalized spacial score (nSPS) is 10.6. The van der Waals surface area contributed by atoms with Gasteiger partial charge in [-0.2, -0.15) is 0 Å². The van der Waals surface area contributed by atoms with Gasteiger partial charge in [-0.05, 0) is 48.7 Å². The second kappa shape index (κ2) is 14.5. The van der Waals surface area contributed by atoms with Crippen LogP contribution in [0.25, 0.3) is 0 Å². The lowest BCUT2D eigenvalue weighted by molar-refractivity contribution is -0.130. The molecule has 0 bridgehead atoms. The molecule has 1 amide bonds. The molecule has 2 rings (SSSR count). The molecule has 0 aliphatic carbocycles. The molecule has 2 aromatic rings. The highest BCUT2D eigenvalue weighted by molar-refractivity contribution is 14.0. The Labute approximate surface area is 202 Å². The highest BCUT2D eigenvalue weighted by Gasteiger charge is 2.05. The zero-order valence-electron chi connectivity index (χ0n) is 18.7. The van der Waals surface area contributed by atoms with E-state index in [2.05, 4.69) is 27.8 Å². The number of carbonyl (C=O) groups is 1. The number of carbonyl (C=O) groups excluding carboxylic acids is 1. The number of hydrogen-bond acceptors (Lipinski definition) is 4. The lowest BCUT2D eigenvalue weighted by Gasteiger charge is -2.13. The molecule has 8 heteroatoms. The van der Waals surface area contributed by atoms with E-state index in [-0.39, 0.29) is 36.5 Å². The smallest absolute Gasteiger partial charge is 0.259 e. The molecule has 7 nitrogen and oxygen atoms in total. The number of hydrogen-bond donors (Lipinski definition) is 2.